The summed E-state index contributed by atoms with van der Waals surface area (Å²) in [6.45, 7) is 5.65. The van der Waals surface area contributed by atoms with Crippen molar-refractivity contribution in [2.75, 3.05) is 18.8 Å². The third-order valence-electron chi connectivity index (χ3n) is 3.45. The number of hydrogen-bond acceptors (Lipinski definition) is 2. The molecule has 0 spiro atoms. The fourth-order valence-electron chi connectivity index (χ4n) is 2.54. The van der Waals surface area contributed by atoms with Crippen LogP contribution in [-0.2, 0) is 10.0 Å². The van der Waals surface area contributed by atoms with Crippen LogP contribution in [0.1, 0.15) is 39.5 Å². The van der Waals surface area contributed by atoms with E-state index in [9.17, 15) is 8.42 Å². The zero-order valence-electron chi connectivity index (χ0n) is 9.70. The maximum absolute atomic E-state index is 11.7. The van der Waals surface area contributed by atoms with Gasteiger partial charge in [-0.25, -0.2) is 12.7 Å². The van der Waals surface area contributed by atoms with Crippen LogP contribution in [0.5, 0.6) is 0 Å². The lowest BCUT2D eigenvalue weighted by atomic mass is 9.79. The number of sulfonamides is 1. The van der Waals surface area contributed by atoms with E-state index in [2.05, 4.69) is 6.92 Å². The van der Waals surface area contributed by atoms with Crippen molar-refractivity contribution in [3.8, 4) is 0 Å². The molecule has 0 N–H and O–H groups in total. The van der Waals surface area contributed by atoms with Crippen molar-refractivity contribution in [2.24, 2.45) is 11.3 Å². The van der Waals surface area contributed by atoms with E-state index >= 15 is 0 Å². The quantitative estimate of drug-likeness (QED) is 0.724. The number of nitrogens with zero attached hydrogens (tertiary/aromatic N) is 1. The van der Waals surface area contributed by atoms with Crippen molar-refractivity contribution in [2.45, 2.75) is 39.5 Å². The van der Waals surface area contributed by atoms with Crippen LogP contribution < -0.4 is 0 Å². The fourth-order valence-corrected chi connectivity index (χ4v) is 4.33. The van der Waals surface area contributed by atoms with Crippen molar-refractivity contribution in [1.29, 1.82) is 0 Å². The van der Waals surface area contributed by atoms with Crippen LogP contribution >= 0.6 is 0 Å². The highest BCUT2D eigenvalue weighted by molar-refractivity contribution is 7.89. The van der Waals surface area contributed by atoms with E-state index in [-0.39, 0.29) is 5.41 Å². The molecule has 88 valence electrons. The SMILES string of the molecule is CCCS(=O)(=O)N1CC(C)(CC2CC2)C1. The molecular weight excluding hydrogens is 210 g/mol. The fraction of sp³-hybridized carbons (Fsp3) is 1.00. The standard InChI is InChI=1S/C11H21NO2S/c1-3-6-15(13,14)12-8-11(2,9-12)7-10-4-5-10/h10H,3-9H2,1-2H3. The normalized spacial score (nSPS) is 26.3. The molecular formula is C11H21NO2S. The molecule has 4 heteroatoms. The Balaban J connectivity index is 1.85. The first-order valence-corrected chi connectivity index (χ1v) is 7.54. The Morgan fingerprint density at radius 3 is 2.40 bits per heavy atom. The van der Waals surface area contributed by atoms with Crippen molar-refractivity contribution >= 4 is 10.0 Å². The lowest BCUT2D eigenvalue weighted by Gasteiger charge is -2.47. The average molecular weight is 231 g/mol. The van der Waals surface area contributed by atoms with E-state index in [0.717, 1.165) is 25.4 Å². The van der Waals surface area contributed by atoms with Gasteiger partial charge in [-0.3, -0.25) is 0 Å². The molecule has 1 aliphatic heterocycles. The molecule has 1 saturated carbocycles. The predicted octanol–water partition coefficient (Wildman–Crippen LogP) is 1.85. The lowest BCUT2D eigenvalue weighted by Crippen LogP contribution is -2.57. The molecule has 2 aliphatic rings. The molecule has 15 heavy (non-hydrogen) atoms. The first-order valence-electron chi connectivity index (χ1n) is 5.93. The van der Waals surface area contributed by atoms with E-state index in [1.54, 1.807) is 4.31 Å². The van der Waals surface area contributed by atoms with Gasteiger partial charge in [-0.05, 0) is 24.2 Å². The van der Waals surface area contributed by atoms with Gasteiger partial charge in [0, 0.05) is 13.1 Å². The molecule has 0 aromatic heterocycles. The Hall–Kier alpha value is -0.0900. The zero-order chi connectivity index (χ0) is 11.1. The third kappa shape index (κ3) is 2.53. The summed E-state index contributed by atoms with van der Waals surface area (Å²) in [6.07, 6.45) is 4.66. The van der Waals surface area contributed by atoms with Crippen LogP contribution in [0.2, 0.25) is 0 Å². The van der Waals surface area contributed by atoms with E-state index in [1.165, 1.54) is 19.3 Å². The molecule has 3 nitrogen and oxygen atoms in total. The van der Waals surface area contributed by atoms with E-state index in [4.69, 9.17) is 0 Å². The van der Waals surface area contributed by atoms with Gasteiger partial charge in [0.25, 0.3) is 0 Å². The Morgan fingerprint density at radius 1 is 1.33 bits per heavy atom. The summed E-state index contributed by atoms with van der Waals surface area (Å²) in [5.74, 6) is 1.21. The van der Waals surface area contributed by atoms with Crippen LogP contribution in [0.4, 0.5) is 0 Å². The second kappa shape index (κ2) is 3.74. The molecule has 0 amide bonds. The van der Waals surface area contributed by atoms with E-state index in [0.29, 0.717) is 5.75 Å². The average Bonchev–Trinajstić information content (AvgIpc) is 2.83. The highest BCUT2D eigenvalue weighted by Gasteiger charge is 2.46. The van der Waals surface area contributed by atoms with Crippen LogP contribution in [0, 0.1) is 11.3 Å². The number of rotatable bonds is 5. The minimum Gasteiger partial charge on any atom is -0.212 e. The van der Waals surface area contributed by atoms with Gasteiger partial charge in [-0.2, -0.15) is 0 Å². The van der Waals surface area contributed by atoms with Crippen LogP contribution in [0.3, 0.4) is 0 Å². The highest BCUT2D eigenvalue weighted by Crippen LogP contribution is 2.45. The smallest absolute Gasteiger partial charge is 0.212 e. The minimum absolute atomic E-state index is 0.280. The van der Waals surface area contributed by atoms with E-state index in [1.807, 2.05) is 6.92 Å². The summed E-state index contributed by atoms with van der Waals surface area (Å²) in [6, 6.07) is 0. The van der Waals surface area contributed by atoms with Gasteiger partial charge in [0.15, 0.2) is 0 Å². The molecule has 0 bridgehead atoms. The first-order chi connectivity index (χ1) is 6.95. The summed E-state index contributed by atoms with van der Waals surface area (Å²) in [7, 11) is -2.93. The van der Waals surface area contributed by atoms with Gasteiger partial charge < -0.3 is 0 Å². The Bertz CT molecular complexity index is 326. The largest absolute Gasteiger partial charge is 0.214 e. The van der Waals surface area contributed by atoms with Gasteiger partial charge >= 0.3 is 0 Å². The molecule has 1 aliphatic carbocycles. The molecule has 1 saturated heterocycles. The molecule has 0 aromatic carbocycles. The van der Waals surface area contributed by atoms with Gasteiger partial charge in [0.1, 0.15) is 0 Å². The van der Waals surface area contributed by atoms with Crippen LogP contribution in [0.15, 0.2) is 0 Å². The lowest BCUT2D eigenvalue weighted by molar-refractivity contribution is 0.0743. The van der Waals surface area contributed by atoms with Crippen molar-refractivity contribution in [3.63, 3.8) is 0 Å². The molecule has 2 fully saturated rings. The van der Waals surface area contributed by atoms with Crippen LogP contribution in [-0.4, -0.2) is 31.6 Å². The second-order valence-electron chi connectivity index (χ2n) is 5.54. The third-order valence-corrected chi connectivity index (χ3v) is 5.42. The monoisotopic (exact) mass is 231 g/mol. The van der Waals surface area contributed by atoms with Crippen LogP contribution in [0.25, 0.3) is 0 Å². The second-order valence-corrected chi connectivity index (χ2v) is 7.63. The van der Waals surface area contributed by atoms with Gasteiger partial charge in [-0.15, -0.1) is 0 Å². The topological polar surface area (TPSA) is 37.4 Å². The Morgan fingerprint density at radius 2 is 1.93 bits per heavy atom. The van der Waals surface area contributed by atoms with E-state index < -0.39 is 10.0 Å². The van der Waals surface area contributed by atoms with Crippen molar-refractivity contribution in [1.82, 2.24) is 4.31 Å². The molecule has 0 atom stereocenters. The summed E-state index contributed by atoms with van der Waals surface area (Å²) in [5, 5.41) is 0. The molecule has 2 rings (SSSR count). The molecule has 1 heterocycles. The Kier molecular flexibility index (Phi) is 2.84. The van der Waals surface area contributed by atoms with Gasteiger partial charge in [0.05, 0.1) is 5.75 Å². The summed E-state index contributed by atoms with van der Waals surface area (Å²) < 4.78 is 25.1. The van der Waals surface area contributed by atoms with Crippen molar-refractivity contribution < 1.29 is 8.42 Å². The van der Waals surface area contributed by atoms with Crippen molar-refractivity contribution in [3.05, 3.63) is 0 Å². The minimum atomic E-state index is -2.93. The Labute approximate surface area is 92.9 Å². The summed E-state index contributed by atoms with van der Waals surface area (Å²) >= 11 is 0. The molecule has 0 radical (unpaired) electrons. The maximum Gasteiger partial charge on any atom is 0.214 e. The molecule has 0 aromatic rings. The first kappa shape index (κ1) is 11.4. The van der Waals surface area contributed by atoms with Gasteiger partial charge in [-0.1, -0.05) is 26.7 Å². The number of hydrogen-bond donors (Lipinski definition) is 0. The summed E-state index contributed by atoms with van der Waals surface area (Å²) in [4.78, 5) is 0. The molecule has 0 unspecified atom stereocenters. The predicted molar refractivity (Wildman–Crippen MR) is 61.1 cm³/mol. The maximum atomic E-state index is 11.7. The summed E-state index contributed by atoms with van der Waals surface area (Å²) in [5.41, 5.74) is 0.280. The highest BCUT2D eigenvalue weighted by atomic mass is 32.2. The zero-order valence-corrected chi connectivity index (χ0v) is 10.5. The van der Waals surface area contributed by atoms with Gasteiger partial charge in [0.2, 0.25) is 10.0 Å².